The van der Waals surface area contributed by atoms with Crippen molar-refractivity contribution in [2.24, 2.45) is 0 Å². The van der Waals surface area contributed by atoms with Crippen LogP contribution in [0.15, 0.2) is 48.5 Å². The zero-order chi connectivity index (χ0) is 17.9. The minimum atomic E-state index is -3.39. The molecule has 0 spiro atoms. The van der Waals surface area contributed by atoms with E-state index >= 15 is 0 Å². The van der Waals surface area contributed by atoms with Gasteiger partial charge in [0.05, 0.1) is 23.7 Å². The number of benzene rings is 2. The van der Waals surface area contributed by atoms with E-state index in [2.05, 4.69) is 21.0 Å². The SMILES string of the molecule is CS(=O)(=O)Nc1cccc2c(C(CCC#N)c3ccccc3)[nH]nc12. The summed E-state index contributed by atoms with van der Waals surface area (Å²) < 4.78 is 25.6. The van der Waals surface area contributed by atoms with Crippen molar-refractivity contribution >= 4 is 26.6 Å². The van der Waals surface area contributed by atoms with Crippen LogP contribution in [0.2, 0.25) is 0 Å². The summed E-state index contributed by atoms with van der Waals surface area (Å²) >= 11 is 0. The highest BCUT2D eigenvalue weighted by Gasteiger charge is 2.20. The van der Waals surface area contributed by atoms with Gasteiger partial charge in [-0.25, -0.2) is 8.42 Å². The molecule has 3 rings (SSSR count). The fourth-order valence-corrected chi connectivity index (χ4v) is 3.54. The van der Waals surface area contributed by atoms with E-state index in [1.165, 1.54) is 0 Å². The molecule has 0 saturated carbocycles. The number of sulfonamides is 1. The molecular weight excluding hydrogens is 336 g/mol. The first-order valence-corrected chi connectivity index (χ1v) is 9.75. The van der Waals surface area contributed by atoms with Crippen LogP contribution < -0.4 is 4.72 Å². The normalized spacial score (nSPS) is 12.6. The number of aromatic amines is 1. The zero-order valence-corrected chi connectivity index (χ0v) is 14.5. The average Bonchev–Trinajstić information content (AvgIpc) is 3.00. The molecule has 0 aliphatic carbocycles. The van der Waals surface area contributed by atoms with Gasteiger partial charge in [0.25, 0.3) is 0 Å². The molecule has 7 heteroatoms. The van der Waals surface area contributed by atoms with Crippen LogP contribution >= 0.6 is 0 Å². The number of H-pyrrole nitrogens is 1. The number of fused-ring (bicyclic) bond motifs is 1. The van der Waals surface area contributed by atoms with Crippen molar-refractivity contribution in [3.8, 4) is 6.07 Å². The van der Waals surface area contributed by atoms with E-state index < -0.39 is 10.0 Å². The molecule has 0 fully saturated rings. The standard InChI is InChI=1S/C18H18N4O2S/c1-25(23,24)22-16-11-5-9-15-17(20-21-18(15)16)14(10-6-12-19)13-7-3-2-4-8-13/h2-5,7-9,11,14,22H,6,10H2,1H3,(H,20,21). The van der Waals surface area contributed by atoms with Crippen LogP contribution in [0.5, 0.6) is 0 Å². The second kappa shape index (κ2) is 6.95. The Morgan fingerprint density at radius 2 is 1.96 bits per heavy atom. The molecule has 0 amide bonds. The number of aromatic nitrogens is 2. The smallest absolute Gasteiger partial charge is 0.229 e. The predicted octanol–water partition coefficient (Wildman–Crippen LogP) is 3.37. The van der Waals surface area contributed by atoms with Gasteiger partial charge in [-0.2, -0.15) is 10.4 Å². The Bertz CT molecular complexity index is 1020. The van der Waals surface area contributed by atoms with E-state index in [0.717, 1.165) is 22.9 Å². The third-order valence-electron chi connectivity index (χ3n) is 4.00. The summed E-state index contributed by atoms with van der Waals surface area (Å²) in [6, 6.07) is 17.5. The van der Waals surface area contributed by atoms with Gasteiger partial charge >= 0.3 is 0 Å². The van der Waals surface area contributed by atoms with Crippen molar-refractivity contribution in [2.75, 3.05) is 11.0 Å². The highest BCUT2D eigenvalue weighted by molar-refractivity contribution is 7.92. The number of nitrogens with one attached hydrogen (secondary N) is 2. The Morgan fingerprint density at radius 3 is 2.64 bits per heavy atom. The van der Waals surface area contributed by atoms with E-state index in [-0.39, 0.29) is 5.92 Å². The molecule has 0 radical (unpaired) electrons. The first-order chi connectivity index (χ1) is 12.0. The van der Waals surface area contributed by atoms with Crippen molar-refractivity contribution < 1.29 is 8.42 Å². The molecule has 3 aromatic rings. The van der Waals surface area contributed by atoms with Gasteiger partial charge in [-0.15, -0.1) is 0 Å². The molecule has 1 heterocycles. The molecule has 128 valence electrons. The van der Waals surface area contributed by atoms with Crippen LogP contribution in [-0.4, -0.2) is 24.9 Å². The molecular formula is C18H18N4O2S. The van der Waals surface area contributed by atoms with Crippen LogP contribution in [-0.2, 0) is 10.0 Å². The number of hydrogen-bond donors (Lipinski definition) is 2. The number of hydrogen-bond acceptors (Lipinski definition) is 4. The first-order valence-electron chi connectivity index (χ1n) is 7.86. The minimum absolute atomic E-state index is 0.0145. The highest BCUT2D eigenvalue weighted by Crippen LogP contribution is 2.34. The van der Waals surface area contributed by atoms with Gasteiger partial charge in [0.2, 0.25) is 10.0 Å². The zero-order valence-electron chi connectivity index (χ0n) is 13.7. The summed E-state index contributed by atoms with van der Waals surface area (Å²) in [6.45, 7) is 0. The molecule has 0 bridgehead atoms. The Morgan fingerprint density at radius 1 is 1.20 bits per heavy atom. The first kappa shape index (κ1) is 17.0. The topological polar surface area (TPSA) is 98.6 Å². The van der Waals surface area contributed by atoms with Crippen LogP contribution in [0.1, 0.15) is 30.0 Å². The minimum Gasteiger partial charge on any atom is -0.281 e. The van der Waals surface area contributed by atoms with Crippen molar-refractivity contribution in [1.29, 1.82) is 5.26 Å². The molecule has 0 aliphatic heterocycles. The van der Waals surface area contributed by atoms with Gasteiger partial charge < -0.3 is 0 Å². The van der Waals surface area contributed by atoms with Gasteiger partial charge in [-0.05, 0) is 18.1 Å². The molecule has 2 N–H and O–H groups in total. The lowest BCUT2D eigenvalue weighted by Crippen LogP contribution is -2.09. The number of rotatable bonds is 6. The van der Waals surface area contributed by atoms with Crippen LogP contribution in [0.4, 0.5) is 5.69 Å². The number of nitrogens with zero attached hydrogens (tertiary/aromatic N) is 2. The van der Waals surface area contributed by atoms with E-state index in [4.69, 9.17) is 5.26 Å². The molecule has 1 atom stereocenters. The lowest BCUT2D eigenvalue weighted by Gasteiger charge is -2.15. The molecule has 2 aromatic carbocycles. The van der Waals surface area contributed by atoms with Gasteiger partial charge in [0.15, 0.2) is 0 Å². The number of nitriles is 1. The summed E-state index contributed by atoms with van der Waals surface area (Å²) in [7, 11) is -3.39. The third-order valence-corrected chi connectivity index (χ3v) is 4.60. The third kappa shape index (κ3) is 3.80. The molecule has 1 unspecified atom stereocenters. The largest absolute Gasteiger partial charge is 0.281 e. The van der Waals surface area contributed by atoms with Crippen LogP contribution in [0.3, 0.4) is 0 Å². The Balaban J connectivity index is 2.10. The Hall–Kier alpha value is -2.85. The highest BCUT2D eigenvalue weighted by atomic mass is 32.2. The van der Waals surface area contributed by atoms with Crippen LogP contribution in [0, 0.1) is 11.3 Å². The summed E-state index contributed by atoms with van der Waals surface area (Å²) in [6.07, 6.45) is 2.18. The second-order valence-corrected chi connectivity index (χ2v) is 7.62. The molecule has 1 aromatic heterocycles. The lowest BCUT2D eigenvalue weighted by atomic mass is 9.89. The van der Waals surface area contributed by atoms with E-state index in [1.54, 1.807) is 12.1 Å². The Labute approximate surface area is 146 Å². The summed E-state index contributed by atoms with van der Waals surface area (Å²) in [5.74, 6) is -0.0145. The van der Waals surface area contributed by atoms with E-state index in [9.17, 15) is 8.42 Å². The van der Waals surface area contributed by atoms with Crippen LogP contribution in [0.25, 0.3) is 10.9 Å². The van der Waals surface area contributed by atoms with Gasteiger partial charge in [0.1, 0.15) is 5.52 Å². The quantitative estimate of drug-likeness (QED) is 0.709. The maximum atomic E-state index is 11.6. The summed E-state index contributed by atoms with van der Waals surface area (Å²) in [5.41, 5.74) is 2.98. The molecule has 25 heavy (non-hydrogen) atoms. The van der Waals surface area contributed by atoms with E-state index in [0.29, 0.717) is 24.0 Å². The Kier molecular flexibility index (Phi) is 4.72. The van der Waals surface area contributed by atoms with E-state index in [1.807, 2.05) is 36.4 Å². The molecule has 0 saturated heterocycles. The summed E-state index contributed by atoms with van der Waals surface area (Å²) in [4.78, 5) is 0. The fraction of sp³-hybridized carbons (Fsp3) is 0.222. The van der Waals surface area contributed by atoms with Crippen molar-refractivity contribution in [2.45, 2.75) is 18.8 Å². The number of anilines is 1. The van der Waals surface area contributed by atoms with Gasteiger partial charge in [-0.3, -0.25) is 9.82 Å². The lowest BCUT2D eigenvalue weighted by molar-refractivity contribution is 0.607. The summed E-state index contributed by atoms with van der Waals surface area (Å²) in [5, 5.41) is 17.2. The van der Waals surface area contributed by atoms with Crippen molar-refractivity contribution in [1.82, 2.24) is 10.2 Å². The maximum Gasteiger partial charge on any atom is 0.229 e. The van der Waals surface area contributed by atoms with Crippen molar-refractivity contribution in [3.63, 3.8) is 0 Å². The van der Waals surface area contributed by atoms with Gasteiger partial charge in [-0.1, -0.05) is 42.5 Å². The predicted molar refractivity (Wildman–Crippen MR) is 97.7 cm³/mol. The fourth-order valence-electron chi connectivity index (χ4n) is 2.98. The average molecular weight is 354 g/mol. The van der Waals surface area contributed by atoms with Crippen molar-refractivity contribution in [3.05, 3.63) is 59.8 Å². The molecule has 6 nitrogen and oxygen atoms in total. The van der Waals surface area contributed by atoms with Gasteiger partial charge in [0, 0.05) is 17.7 Å². The number of para-hydroxylation sites is 1. The molecule has 0 aliphatic rings. The monoisotopic (exact) mass is 354 g/mol. The maximum absolute atomic E-state index is 11.6. The second-order valence-electron chi connectivity index (χ2n) is 5.87.